The Hall–Kier alpha value is -6.72. The van der Waals surface area contributed by atoms with Crippen LogP contribution >= 0.6 is 0 Å². The van der Waals surface area contributed by atoms with E-state index in [1.54, 1.807) is 75.4 Å². The van der Waals surface area contributed by atoms with Crippen LogP contribution in [0.25, 0.3) is 0 Å². The molecule has 29 nitrogen and oxygen atoms in total. The number of carbonyl (C=O) groups is 6. The quantitative estimate of drug-likeness (QED) is 0.0498. The van der Waals surface area contributed by atoms with Crippen LogP contribution in [0.3, 0.4) is 0 Å². The molecular weight excluding hydrogens is 1840 g/mol. The molecule has 0 aromatic heterocycles. The van der Waals surface area contributed by atoms with Gasteiger partial charge in [-0.15, -0.1) is 0 Å². The average molecular weight is 2030 g/mol. The summed E-state index contributed by atoms with van der Waals surface area (Å²) in [6.45, 7) is 35.2. The van der Waals surface area contributed by atoms with Crippen LogP contribution in [0.4, 0.5) is 0 Å². The third kappa shape index (κ3) is 35.5. The fraction of sp³-hybridized carbons (Fsp3) is 0.757. The Balaban J connectivity index is 0.000000384. The molecule has 2 aliphatic carbocycles. The van der Waals surface area contributed by atoms with Gasteiger partial charge in [0.1, 0.15) is 60.2 Å². The molecular formula is C115H188N2O27. The predicted octanol–water partition coefficient (Wildman–Crippen LogP) is 15.8. The van der Waals surface area contributed by atoms with Gasteiger partial charge in [0, 0.05) is 97.6 Å². The van der Waals surface area contributed by atoms with E-state index in [-0.39, 0.29) is 117 Å². The molecule has 0 spiro atoms. The molecule has 29 heteroatoms. The number of nitrogens with zero attached hydrogens (tertiary/aromatic N) is 2. The molecule has 144 heavy (non-hydrogen) atoms. The van der Waals surface area contributed by atoms with E-state index in [9.17, 15) is 79.8 Å². The lowest BCUT2D eigenvalue weighted by Crippen LogP contribution is -2.61. The van der Waals surface area contributed by atoms with E-state index in [2.05, 4.69) is 53.7 Å². The molecule has 10 N–H and O–H groups in total. The van der Waals surface area contributed by atoms with E-state index in [1.165, 1.54) is 29.6 Å². The number of benzene rings is 1. The Bertz CT molecular complexity index is 4380. The molecule has 6 fully saturated rings. The van der Waals surface area contributed by atoms with Gasteiger partial charge in [-0.2, -0.15) is 0 Å². The number of fused-ring (bicyclic) bond motifs is 6. The molecule has 34 atom stereocenters. The number of allylic oxidation sites excluding steroid dienone is 11. The molecule has 6 aliphatic heterocycles. The minimum Gasteiger partial charge on any atom is -0.497 e. The van der Waals surface area contributed by atoms with Gasteiger partial charge in [0.05, 0.1) is 81.4 Å². The van der Waals surface area contributed by atoms with Crippen LogP contribution in [0.1, 0.15) is 292 Å². The summed E-state index contributed by atoms with van der Waals surface area (Å²) >= 11 is 0. The van der Waals surface area contributed by atoms with Crippen molar-refractivity contribution in [3.05, 3.63) is 119 Å². The summed E-state index contributed by atoms with van der Waals surface area (Å²) in [7, 11) is 11.0. The second kappa shape index (κ2) is 59.8. The van der Waals surface area contributed by atoms with Crippen molar-refractivity contribution in [2.75, 3.05) is 62.9 Å². The second-order valence-corrected chi connectivity index (χ2v) is 44.5. The van der Waals surface area contributed by atoms with Crippen molar-refractivity contribution < 1.29 is 132 Å². The number of hydrogen-bond donors (Lipinski definition) is 10. The molecule has 4 saturated heterocycles. The molecule has 6 heterocycles. The van der Waals surface area contributed by atoms with Crippen molar-refractivity contribution in [2.24, 2.45) is 76.9 Å². The number of esters is 2. The maximum Gasteiger partial charge on any atom is 0.329 e. The number of rotatable bonds is 13. The first-order valence-electron chi connectivity index (χ1n) is 53.1. The molecule has 0 radical (unpaired) electrons. The van der Waals surface area contributed by atoms with E-state index < -0.39 is 174 Å². The van der Waals surface area contributed by atoms with Gasteiger partial charge in [0.25, 0.3) is 23.4 Å². The average Bonchev–Trinajstić information content (AvgIpc) is 0.772. The SMILES string of the molecule is C.CO[C@H]1[C@@H](O)[C@H](C)C[C@H](C)/C=C/C=C/C=C(\C)[C@@H](C)C[C@@H]2CC[C@@H](C)[C@@](O)(O2)C(=O)C(=O)N2CCCCC2C(=O)O[C@H]([C@H](C)CC2CCC(O)[C@H](OC)C2)C[C@H](O)[C@H](C)/C=C(\C)[C@@H]1O.CO[C@H]1[C@@H](O)[C@H](C)C[C@H](C)/C=C/C=CC=C(C)[C@@H](OC)C[C@@H]2CC[C@@H](C)[C@@](O)(O2)C(=O)C(=O)N2CCCCC2C(=O)O[C@H]([C@H](C)CC2CCC(O)[C@H](OC)C2)C[C@H](O)[C@H](C)/C=C(\C)[C@@H]1O.COc1ccc(C(C)(C)C)c(OC)c1. The summed E-state index contributed by atoms with van der Waals surface area (Å²) in [6.07, 6.45) is 22.5. The maximum atomic E-state index is 14.4. The van der Waals surface area contributed by atoms with Crippen molar-refractivity contribution in [1.29, 1.82) is 0 Å². The highest BCUT2D eigenvalue weighted by Crippen LogP contribution is 2.44. The van der Waals surface area contributed by atoms with Gasteiger partial charge < -0.3 is 113 Å². The first-order chi connectivity index (χ1) is 67.4. The van der Waals surface area contributed by atoms with Crippen LogP contribution < -0.4 is 9.47 Å². The van der Waals surface area contributed by atoms with Crippen LogP contribution in [-0.4, -0.2) is 286 Å². The van der Waals surface area contributed by atoms with Gasteiger partial charge in [-0.05, 0) is 250 Å². The monoisotopic (exact) mass is 2030 g/mol. The number of hydrogen-bond acceptors (Lipinski definition) is 27. The highest BCUT2D eigenvalue weighted by Gasteiger charge is 2.56. The van der Waals surface area contributed by atoms with E-state index in [0.29, 0.717) is 127 Å². The fourth-order valence-corrected chi connectivity index (χ4v) is 22.2. The van der Waals surface area contributed by atoms with Crippen molar-refractivity contribution >= 4 is 35.3 Å². The Labute approximate surface area is 861 Å². The molecule has 8 aliphatic rings. The molecule has 9 rings (SSSR count). The van der Waals surface area contributed by atoms with Gasteiger partial charge in [-0.3, -0.25) is 19.2 Å². The number of aliphatic hydroxyl groups is 10. The standard InChI is InChI=1S/C51H83NO13.C51H83NO12.C12H18O2.CH4/c1-30-16-12-11-13-17-31(2)42(61-8)28-38-21-19-36(7)51(60,65-38)48(57)49(58)52-23-15-14-18-39(52)50(59)64-43(33(4)26-37-20-22-40(53)44(27-37)62-9)29-41(54)32(3)25-35(6)46(56)47(63-10)45(55)34(5)24-30;1-30-16-12-11-13-17-31(2)32(3)27-39-21-19-37(8)51(60,64-39)48(57)49(58)52-23-15-14-18-40(52)50(59)63-43(34(5)26-38-20-22-41(53)44(28-38)61-9)29-42(54)33(4)25-36(7)46(56)47(62-10)45(55)35(6)24-30;1-12(2,3)10-7-6-9(13-4)8-11(10)14-5;/h11-13,16-17,25,30,32-34,36-47,53-56,60H,14-15,18-24,26-29H2,1-10H3;11-13,16-17,25,30,32-35,37-47,53-56,60H,14-15,18-24,26-29H2,1-10H3;6-8H,1-5H3;1H4/b13-11?,16-12+,31-17?,35-25+;13-11+,16-12+,31-17+,36-25+;;/t30-,32-,33-,34-,36-,37?,38+,39?,40?,41+,42+,43+,44-,45+,46+,47+,51-;30-,32+,33-,34-,35-,37-,38?,39+,40?,41?,42+,43+,44-,45+,46+,47+,51-;;/m11../s1. The lowest BCUT2D eigenvalue weighted by Gasteiger charge is -2.43. The van der Waals surface area contributed by atoms with Crippen molar-refractivity contribution in [3.8, 4) is 11.5 Å². The lowest BCUT2D eigenvalue weighted by atomic mass is 9.78. The summed E-state index contributed by atoms with van der Waals surface area (Å²) in [5.41, 5.74) is 4.30. The summed E-state index contributed by atoms with van der Waals surface area (Å²) in [5.74, 6) is -11.4. The number of carbonyl (C=O) groups excluding carboxylic acids is 6. The lowest BCUT2D eigenvalue weighted by molar-refractivity contribution is -0.265. The van der Waals surface area contributed by atoms with Gasteiger partial charge in [0.15, 0.2) is 0 Å². The summed E-state index contributed by atoms with van der Waals surface area (Å²) < 4.78 is 63.9. The van der Waals surface area contributed by atoms with Gasteiger partial charge in [0.2, 0.25) is 11.6 Å². The van der Waals surface area contributed by atoms with Crippen molar-refractivity contribution in [3.63, 3.8) is 0 Å². The molecule has 820 valence electrons. The Morgan fingerprint density at radius 2 is 0.854 bits per heavy atom. The van der Waals surface area contributed by atoms with Crippen LogP contribution in [0, 0.1) is 76.9 Å². The number of amides is 2. The molecule has 1 aromatic rings. The topological polar surface area (TPSA) is 413 Å². The highest BCUT2D eigenvalue weighted by atomic mass is 16.6. The van der Waals surface area contributed by atoms with Crippen LogP contribution in [0.15, 0.2) is 113 Å². The number of Topliss-reactive ketones (excluding diaryl/α,β-unsaturated/α-hetero) is 2. The minimum atomic E-state index is -2.41. The Morgan fingerprint density at radius 3 is 1.24 bits per heavy atom. The Morgan fingerprint density at radius 1 is 0.444 bits per heavy atom. The third-order valence-electron chi connectivity index (χ3n) is 32.1. The normalized spacial score (nSPS) is 38.9. The number of piperidine rings is 2. The van der Waals surface area contributed by atoms with Gasteiger partial charge >= 0.3 is 11.9 Å². The molecule has 2 saturated carbocycles. The number of methoxy groups -OCH3 is 7. The van der Waals surface area contributed by atoms with Crippen LogP contribution in [0.5, 0.6) is 11.5 Å². The van der Waals surface area contributed by atoms with Crippen molar-refractivity contribution in [1.82, 2.24) is 9.80 Å². The number of ketones is 2. The first-order valence-corrected chi connectivity index (χ1v) is 53.1. The molecule has 2 amide bonds. The smallest absolute Gasteiger partial charge is 0.329 e. The predicted molar refractivity (Wildman–Crippen MR) is 558 cm³/mol. The van der Waals surface area contributed by atoms with Crippen LogP contribution in [-0.2, 0) is 76.8 Å². The van der Waals surface area contributed by atoms with E-state index >= 15 is 0 Å². The van der Waals surface area contributed by atoms with E-state index in [0.717, 1.165) is 35.5 Å². The summed E-state index contributed by atoms with van der Waals surface area (Å²) in [5, 5.41) is 114. The van der Waals surface area contributed by atoms with E-state index in [1.807, 2.05) is 122 Å². The fourth-order valence-electron chi connectivity index (χ4n) is 22.2. The van der Waals surface area contributed by atoms with Gasteiger partial charge in [-0.25, -0.2) is 9.59 Å². The second-order valence-electron chi connectivity index (χ2n) is 44.5. The Kier molecular flexibility index (Phi) is 52.3. The zero-order valence-electron chi connectivity index (χ0n) is 90.8. The summed E-state index contributed by atoms with van der Waals surface area (Å²) in [4.78, 5) is 88.1. The zero-order chi connectivity index (χ0) is 106. The van der Waals surface area contributed by atoms with Crippen molar-refractivity contribution in [2.45, 2.75) is 419 Å². The summed E-state index contributed by atoms with van der Waals surface area (Å²) in [6, 6.07) is 3.75. The zero-order valence-corrected chi connectivity index (χ0v) is 90.8. The molecule has 1 aromatic carbocycles. The first kappa shape index (κ1) is 126. The highest BCUT2D eigenvalue weighted by molar-refractivity contribution is 6.39. The number of ether oxygens (including phenoxy) is 11. The van der Waals surface area contributed by atoms with Crippen LogP contribution in [0.2, 0.25) is 0 Å². The largest absolute Gasteiger partial charge is 0.497 e. The number of aliphatic hydroxyl groups excluding tert-OH is 8. The molecule has 6 unspecified atom stereocenters. The maximum absolute atomic E-state index is 14.4. The molecule has 4 bridgehead atoms. The number of cyclic esters (lactones) is 2. The van der Waals surface area contributed by atoms with E-state index in [4.69, 9.17) is 52.1 Å². The minimum absolute atomic E-state index is 0. The van der Waals surface area contributed by atoms with Gasteiger partial charge in [-0.1, -0.05) is 189 Å². The third-order valence-corrected chi connectivity index (χ3v) is 32.1.